The van der Waals surface area contributed by atoms with E-state index in [2.05, 4.69) is 10.6 Å². The van der Waals surface area contributed by atoms with Crippen LogP contribution in [0, 0.1) is 0 Å². The molecule has 116 valence electrons. The van der Waals surface area contributed by atoms with Gasteiger partial charge in [-0.05, 0) is 31.9 Å². The highest BCUT2D eigenvalue weighted by Crippen LogP contribution is 2.21. The van der Waals surface area contributed by atoms with Gasteiger partial charge in [-0.3, -0.25) is 9.59 Å². The molecule has 2 N–H and O–H groups in total. The average molecular weight is 302 g/mol. The first-order chi connectivity index (χ1) is 10.6. The molecular weight excluding hydrogens is 284 g/mol. The fraction of sp³-hybridized carbons (Fsp3) is 0.312. The molecule has 0 unspecified atom stereocenters. The quantitative estimate of drug-likeness (QED) is 0.618. The summed E-state index contributed by atoms with van der Waals surface area (Å²) in [5, 5.41) is 5.45. The van der Waals surface area contributed by atoms with Gasteiger partial charge in [-0.25, -0.2) is 4.79 Å². The van der Waals surface area contributed by atoms with E-state index in [1.165, 1.54) is 12.2 Å². The smallest absolute Gasteiger partial charge is 0.330 e. The topological polar surface area (TPSA) is 84.5 Å². The predicted molar refractivity (Wildman–Crippen MR) is 81.3 cm³/mol. The van der Waals surface area contributed by atoms with Gasteiger partial charge in [0.05, 0.1) is 11.3 Å². The molecule has 2 amide bonds. The lowest BCUT2D eigenvalue weighted by Crippen LogP contribution is -2.27. The van der Waals surface area contributed by atoms with Gasteiger partial charge >= 0.3 is 5.97 Å². The van der Waals surface area contributed by atoms with Crippen molar-refractivity contribution in [3.05, 3.63) is 42.0 Å². The fourth-order valence-electron chi connectivity index (χ4n) is 1.79. The number of esters is 1. The Hall–Kier alpha value is -2.63. The number of anilines is 1. The molecule has 1 aromatic rings. The number of carbonyl (C=O) groups is 3. The van der Waals surface area contributed by atoms with Crippen molar-refractivity contribution in [1.29, 1.82) is 0 Å². The number of rotatable bonds is 6. The highest BCUT2D eigenvalue weighted by atomic mass is 16.5. The summed E-state index contributed by atoms with van der Waals surface area (Å²) in [5.41, 5.74) is 0.787. The van der Waals surface area contributed by atoms with E-state index in [-0.39, 0.29) is 11.9 Å². The number of para-hydroxylation sites is 1. The lowest BCUT2D eigenvalue weighted by atomic mass is 10.1. The van der Waals surface area contributed by atoms with Crippen molar-refractivity contribution >= 4 is 23.5 Å². The Kier molecular flexibility index (Phi) is 5.30. The number of nitrogens with one attached hydrogen (secondary N) is 2. The number of ether oxygens (including phenoxy) is 1. The summed E-state index contributed by atoms with van der Waals surface area (Å²) in [6, 6.07) is 6.95. The van der Waals surface area contributed by atoms with E-state index < -0.39 is 18.5 Å². The second-order valence-electron chi connectivity index (χ2n) is 4.95. The van der Waals surface area contributed by atoms with Gasteiger partial charge in [0, 0.05) is 12.1 Å². The number of hydrogen-bond donors (Lipinski definition) is 2. The largest absolute Gasteiger partial charge is 0.452 e. The van der Waals surface area contributed by atoms with Crippen molar-refractivity contribution in [3.63, 3.8) is 0 Å². The van der Waals surface area contributed by atoms with Crippen LogP contribution in [-0.4, -0.2) is 30.4 Å². The molecule has 0 aromatic heterocycles. The van der Waals surface area contributed by atoms with Crippen LogP contribution in [0.2, 0.25) is 0 Å². The van der Waals surface area contributed by atoms with Crippen LogP contribution in [0.5, 0.6) is 0 Å². The summed E-state index contributed by atoms with van der Waals surface area (Å²) in [4.78, 5) is 35.0. The van der Waals surface area contributed by atoms with E-state index in [9.17, 15) is 14.4 Å². The Balaban J connectivity index is 1.95. The maximum absolute atomic E-state index is 12.1. The van der Waals surface area contributed by atoms with Crippen molar-refractivity contribution in [2.24, 2.45) is 0 Å². The third kappa shape index (κ3) is 4.73. The average Bonchev–Trinajstić information content (AvgIpc) is 3.30. The molecule has 0 atom stereocenters. The lowest BCUT2D eigenvalue weighted by molar-refractivity contribution is -0.142. The molecule has 6 nitrogen and oxygen atoms in total. The van der Waals surface area contributed by atoms with Crippen LogP contribution in [0.1, 0.15) is 30.1 Å². The molecule has 1 aliphatic carbocycles. The molecule has 22 heavy (non-hydrogen) atoms. The third-order valence-electron chi connectivity index (χ3n) is 3.01. The molecule has 0 spiro atoms. The Morgan fingerprint density at radius 2 is 2.00 bits per heavy atom. The first-order valence-electron chi connectivity index (χ1n) is 7.09. The molecule has 1 aliphatic rings. The zero-order chi connectivity index (χ0) is 15.9. The van der Waals surface area contributed by atoms with Crippen LogP contribution >= 0.6 is 0 Å². The molecule has 0 bridgehead atoms. The van der Waals surface area contributed by atoms with Gasteiger partial charge in [0.1, 0.15) is 0 Å². The molecule has 0 aliphatic heterocycles. The van der Waals surface area contributed by atoms with Crippen LogP contribution in [0.4, 0.5) is 5.69 Å². The second kappa shape index (κ2) is 7.40. The van der Waals surface area contributed by atoms with Crippen molar-refractivity contribution < 1.29 is 19.1 Å². The van der Waals surface area contributed by atoms with Gasteiger partial charge in [-0.15, -0.1) is 0 Å². The highest BCUT2D eigenvalue weighted by Gasteiger charge is 2.25. The van der Waals surface area contributed by atoms with Gasteiger partial charge in [0.2, 0.25) is 0 Å². The van der Waals surface area contributed by atoms with Gasteiger partial charge in [-0.2, -0.15) is 0 Å². The minimum absolute atomic E-state index is 0.218. The standard InChI is InChI=1S/C16H18N2O4/c1-2-5-15(20)22-10-14(19)18-13-7-4-3-6-12(13)16(21)17-11-8-9-11/h2-7,11H,8-10H2,1H3,(H,17,21)(H,18,19)/b5-2+. The minimum atomic E-state index is -0.586. The van der Waals surface area contributed by atoms with Gasteiger partial charge in [0.15, 0.2) is 6.61 Å². The Morgan fingerprint density at radius 1 is 1.27 bits per heavy atom. The van der Waals surface area contributed by atoms with Crippen LogP contribution in [0.15, 0.2) is 36.4 Å². The Bertz CT molecular complexity index is 606. The van der Waals surface area contributed by atoms with Crippen molar-refractivity contribution in [2.45, 2.75) is 25.8 Å². The van der Waals surface area contributed by atoms with E-state index >= 15 is 0 Å². The monoisotopic (exact) mass is 302 g/mol. The molecule has 0 heterocycles. The van der Waals surface area contributed by atoms with Gasteiger partial charge in [0.25, 0.3) is 11.8 Å². The summed E-state index contributed by atoms with van der Waals surface area (Å²) < 4.78 is 4.75. The second-order valence-corrected chi connectivity index (χ2v) is 4.95. The molecular formula is C16H18N2O4. The molecule has 1 fully saturated rings. The first-order valence-corrected chi connectivity index (χ1v) is 7.09. The molecule has 1 aromatic carbocycles. The number of carbonyl (C=O) groups excluding carboxylic acids is 3. The van der Waals surface area contributed by atoms with E-state index in [4.69, 9.17) is 4.74 Å². The summed E-state index contributed by atoms with van der Waals surface area (Å²) in [7, 11) is 0. The van der Waals surface area contributed by atoms with E-state index in [0.29, 0.717) is 11.3 Å². The number of allylic oxidation sites excluding steroid dienone is 1. The Morgan fingerprint density at radius 3 is 2.68 bits per heavy atom. The fourth-order valence-corrected chi connectivity index (χ4v) is 1.79. The highest BCUT2D eigenvalue weighted by molar-refractivity contribution is 6.04. The summed E-state index contributed by atoms with van der Waals surface area (Å²) in [5.74, 6) is -1.30. The Labute approximate surface area is 128 Å². The van der Waals surface area contributed by atoms with E-state index in [1.807, 2.05) is 0 Å². The van der Waals surface area contributed by atoms with Gasteiger partial charge in [-0.1, -0.05) is 18.2 Å². The van der Waals surface area contributed by atoms with Crippen molar-refractivity contribution in [2.75, 3.05) is 11.9 Å². The van der Waals surface area contributed by atoms with E-state index in [1.54, 1.807) is 31.2 Å². The molecule has 1 saturated carbocycles. The van der Waals surface area contributed by atoms with E-state index in [0.717, 1.165) is 12.8 Å². The number of benzene rings is 1. The summed E-state index contributed by atoms with van der Waals surface area (Å²) in [6.45, 7) is 1.28. The molecule has 2 rings (SSSR count). The lowest BCUT2D eigenvalue weighted by Gasteiger charge is -2.11. The number of hydrogen-bond acceptors (Lipinski definition) is 4. The minimum Gasteiger partial charge on any atom is -0.452 e. The van der Waals surface area contributed by atoms with Crippen molar-refractivity contribution in [1.82, 2.24) is 5.32 Å². The van der Waals surface area contributed by atoms with Crippen LogP contribution in [-0.2, 0) is 14.3 Å². The van der Waals surface area contributed by atoms with Gasteiger partial charge < -0.3 is 15.4 Å². The van der Waals surface area contributed by atoms with Crippen LogP contribution in [0.25, 0.3) is 0 Å². The molecule has 6 heteroatoms. The summed E-state index contributed by atoms with van der Waals surface area (Å²) >= 11 is 0. The SMILES string of the molecule is C/C=C/C(=O)OCC(=O)Nc1ccccc1C(=O)NC1CC1. The van der Waals surface area contributed by atoms with Crippen LogP contribution in [0.3, 0.4) is 0 Å². The number of amides is 2. The van der Waals surface area contributed by atoms with Crippen LogP contribution < -0.4 is 10.6 Å². The normalized spacial score (nSPS) is 13.7. The predicted octanol–water partition coefficient (Wildman–Crippen LogP) is 1.64. The maximum Gasteiger partial charge on any atom is 0.330 e. The molecule has 0 saturated heterocycles. The first kappa shape index (κ1) is 15.8. The molecule has 0 radical (unpaired) electrons. The zero-order valence-electron chi connectivity index (χ0n) is 12.3. The zero-order valence-corrected chi connectivity index (χ0v) is 12.3. The summed E-state index contributed by atoms with van der Waals surface area (Å²) in [6.07, 6.45) is 4.73. The third-order valence-corrected chi connectivity index (χ3v) is 3.01. The maximum atomic E-state index is 12.1. The van der Waals surface area contributed by atoms with Crippen molar-refractivity contribution in [3.8, 4) is 0 Å².